The van der Waals surface area contributed by atoms with Crippen LogP contribution in [-0.4, -0.2) is 40.6 Å². The predicted molar refractivity (Wildman–Crippen MR) is 100 cm³/mol. The number of aromatic nitrogens is 1. The number of carbonyl (C=O) groups excluding carboxylic acids is 2. The van der Waals surface area contributed by atoms with Gasteiger partial charge in [0, 0.05) is 18.7 Å². The fourth-order valence-corrected chi connectivity index (χ4v) is 3.03. The van der Waals surface area contributed by atoms with Gasteiger partial charge in [0.25, 0.3) is 5.91 Å². The van der Waals surface area contributed by atoms with E-state index in [9.17, 15) is 9.59 Å². The van der Waals surface area contributed by atoms with Crippen molar-refractivity contribution < 1.29 is 18.7 Å². The Balaban J connectivity index is 1.82. The highest BCUT2D eigenvalue weighted by atomic mass is 16.6. The van der Waals surface area contributed by atoms with Crippen LogP contribution in [0.3, 0.4) is 0 Å². The lowest BCUT2D eigenvalue weighted by Gasteiger charge is -2.24. The third-order valence-electron chi connectivity index (χ3n) is 4.38. The molecule has 144 valence electrons. The highest BCUT2D eigenvalue weighted by Gasteiger charge is 2.34. The Morgan fingerprint density at radius 1 is 1.26 bits per heavy atom. The quantitative estimate of drug-likeness (QED) is 0.891. The Morgan fingerprint density at radius 3 is 2.52 bits per heavy atom. The number of nitrogens with zero attached hydrogens (tertiary/aromatic N) is 2. The van der Waals surface area contributed by atoms with Gasteiger partial charge in [0.2, 0.25) is 5.89 Å². The maximum absolute atomic E-state index is 12.3. The van der Waals surface area contributed by atoms with Crippen LogP contribution >= 0.6 is 0 Å². The molecule has 1 aliphatic rings. The Bertz CT molecular complexity index is 849. The van der Waals surface area contributed by atoms with Crippen LogP contribution in [0, 0.1) is 6.92 Å². The third kappa shape index (κ3) is 4.30. The van der Waals surface area contributed by atoms with Crippen molar-refractivity contribution in [3.63, 3.8) is 0 Å². The van der Waals surface area contributed by atoms with Crippen molar-refractivity contribution in [2.24, 2.45) is 5.73 Å². The lowest BCUT2D eigenvalue weighted by Crippen LogP contribution is -2.35. The third-order valence-corrected chi connectivity index (χ3v) is 4.38. The first kappa shape index (κ1) is 18.9. The Hall–Kier alpha value is -2.83. The zero-order chi connectivity index (χ0) is 19.8. The van der Waals surface area contributed by atoms with Gasteiger partial charge in [0.05, 0.1) is 5.92 Å². The zero-order valence-corrected chi connectivity index (χ0v) is 16.1. The first-order valence-corrected chi connectivity index (χ1v) is 8.99. The van der Waals surface area contributed by atoms with Crippen LogP contribution in [0.1, 0.15) is 55.1 Å². The SMILES string of the molecule is Cc1ccc(-c2oc(C3CCN(C(=O)OC(C)(C)C)C3)nc2C(N)=O)cc1. The molecule has 0 spiro atoms. The monoisotopic (exact) mass is 371 g/mol. The molecule has 7 nitrogen and oxygen atoms in total. The number of amides is 2. The van der Waals surface area contributed by atoms with Crippen molar-refractivity contribution in [1.82, 2.24) is 9.88 Å². The van der Waals surface area contributed by atoms with E-state index in [-0.39, 0.29) is 17.7 Å². The first-order valence-electron chi connectivity index (χ1n) is 8.99. The summed E-state index contributed by atoms with van der Waals surface area (Å²) in [6.45, 7) is 8.46. The van der Waals surface area contributed by atoms with Gasteiger partial charge in [-0.3, -0.25) is 4.79 Å². The molecule has 2 amide bonds. The number of ether oxygens (including phenoxy) is 1. The highest BCUT2D eigenvalue weighted by molar-refractivity contribution is 5.96. The van der Waals surface area contributed by atoms with Crippen LogP contribution < -0.4 is 5.73 Å². The normalized spacial score (nSPS) is 17.2. The van der Waals surface area contributed by atoms with Crippen molar-refractivity contribution in [2.45, 2.75) is 45.6 Å². The second kappa shape index (κ2) is 7.06. The summed E-state index contributed by atoms with van der Waals surface area (Å²) in [5, 5.41) is 0. The molecular weight excluding hydrogens is 346 g/mol. The van der Waals surface area contributed by atoms with Crippen LogP contribution in [0.15, 0.2) is 28.7 Å². The molecule has 27 heavy (non-hydrogen) atoms. The van der Waals surface area contributed by atoms with E-state index >= 15 is 0 Å². The van der Waals surface area contributed by atoms with E-state index in [0.717, 1.165) is 11.1 Å². The molecule has 0 saturated carbocycles. The summed E-state index contributed by atoms with van der Waals surface area (Å²) in [6.07, 6.45) is 0.330. The number of carbonyl (C=O) groups is 2. The van der Waals surface area contributed by atoms with Crippen molar-refractivity contribution in [3.05, 3.63) is 41.4 Å². The topological polar surface area (TPSA) is 98.7 Å². The zero-order valence-electron chi connectivity index (χ0n) is 16.1. The van der Waals surface area contributed by atoms with Crippen molar-refractivity contribution >= 4 is 12.0 Å². The number of nitrogens with two attached hydrogens (primary N) is 1. The average Bonchev–Trinajstić information content (AvgIpc) is 3.21. The molecule has 1 aliphatic heterocycles. The molecular formula is C20H25N3O4. The fraction of sp³-hybridized carbons (Fsp3) is 0.450. The largest absolute Gasteiger partial charge is 0.444 e. The lowest BCUT2D eigenvalue weighted by molar-refractivity contribution is 0.0291. The van der Waals surface area contributed by atoms with E-state index in [1.807, 2.05) is 52.0 Å². The van der Waals surface area contributed by atoms with E-state index in [0.29, 0.717) is 31.2 Å². The minimum atomic E-state index is -0.637. The van der Waals surface area contributed by atoms with Crippen LogP contribution in [0.4, 0.5) is 4.79 Å². The molecule has 0 aliphatic carbocycles. The summed E-state index contributed by atoms with van der Waals surface area (Å²) in [6, 6.07) is 7.60. The molecule has 7 heteroatoms. The number of benzene rings is 1. The molecule has 1 atom stereocenters. The number of aryl methyl sites for hydroxylation is 1. The fourth-order valence-electron chi connectivity index (χ4n) is 3.03. The molecule has 1 fully saturated rings. The minimum absolute atomic E-state index is 0.102. The summed E-state index contributed by atoms with van der Waals surface area (Å²) < 4.78 is 11.3. The number of likely N-dealkylation sites (tertiary alicyclic amines) is 1. The number of hydrogen-bond acceptors (Lipinski definition) is 5. The maximum Gasteiger partial charge on any atom is 0.410 e. The van der Waals surface area contributed by atoms with Gasteiger partial charge in [-0.1, -0.05) is 29.8 Å². The van der Waals surface area contributed by atoms with Gasteiger partial charge in [-0.25, -0.2) is 9.78 Å². The number of oxazole rings is 1. The summed E-state index contributed by atoms with van der Waals surface area (Å²) in [5.74, 6) is 0.0519. The molecule has 1 aromatic heterocycles. The molecule has 1 saturated heterocycles. The van der Waals surface area contributed by atoms with Crippen molar-refractivity contribution in [2.75, 3.05) is 13.1 Å². The van der Waals surface area contributed by atoms with Crippen LogP contribution in [0.25, 0.3) is 11.3 Å². The van der Waals surface area contributed by atoms with Crippen molar-refractivity contribution in [1.29, 1.82) is 0 Å². The molecule has 2 N–H and O–H groups in total. The molecule has 1 aromatic carbocycles. The predicted octanol–water partition coefficient (Wildman–Crippen LogP) is 3.47. The van der Waals surface area contributed by atoms with Gasteiger partial charge in [-0.05, 0) is 34.1 Å². The average molecular weight is 371 g/mol. The molecule has 2 heterocycles. The summed E-state index contributed by atoms with van der Waals surface area (Å²) in [5.41, 5.74) is 6.91. The Kier molecular flexibility index (Phi) is 4.95. The van der Waals surface area contributed by atoms with Gasteiger partial charge in [0.1, 0.15) is 5.60 Å². The first-order chi connectivity index (χ1) is 12.6. The van der Waals surface area contributed by atoms with Crippen LogP contribution in [0.2, 0.25) is 0 Å². The second-order valence-corrected chi connectivity index (χ2v) is 7.87. The molecule has 1 unspecified atom stereocenters. The van der Waals surface area contributed by atoms with Gasteiger partial charge in [-0.15, -0.1) is 0 Å². The van der Waals surface area contributed by atoms with Gasteiger partial charge >= 0.3 is 6.09 Å². The molecule has 0 bridgehead atoms. The van der Waals surface area contributed by atoms with Crippen LogP contribution in [0.5, 0.6) is 0 Å². The van der Waals surface area contributed by atoms with Crippen molar-refractivity contribution in [3.8, 4) is 11.3 Å². The number of rotatable bonds is 3. The standard InChI is InChI=1S/C20H25N3O4/c1-12-5-7-13(8-6-12)16-15(17(21)24)22-18(26-16)14-9-10-23(11-14)19(25)27-20(2,3)4/h5-8,14H,9-11H2,1-4H3,(H2,21,24). The molecule has 2 aromatic rings. The summed E-state index contributed by atoms with van der Waals surface area (Å²) in [4.78, 5) is 30.1. The smallest absolute Gasteiger partial charge is 0.410 e. The second-order valence-electron chi connectivity index (χ2n) is 7.87. The minimum Gasteiger partial charge on any atom is -0.444 e. The van der Waals surface area contributed by atoms with E-state index in [1.54, 1.807) is 4.90 Å². The van der Waals surface area contributed by atoms with Gasteiger partial charge in [-0.2, -0.15) is 0 Å². The van der Waals surface area contributed by atoms with Gasteiger partial charge in [0.15, 0.2) is 11.5 Å². The summed E-state index contributed by atoms with van der Waals surface area (Å²) >= 11 is 0. The Labute approximate surface area is 158 Å². The highest BCUT2D eigenvalue weighted by Crippen LogP contribution is 2.33. The molecule has 3 rings (SSSR count). The molecule has 0 radical (unpaired) electrons. The Morgan fingerprint density at radius 2 is 1.93 bits per heavy atom. The number of hydrogen-bond donors (Lipinski definition) is 1. The van der Waals surface area contributed by atoms with E-state index in [1.165, 1.54) is 0 Å². The summed E-state index contributed by atoms with van der Waals surface area (Å²) in [7, 11) is 0. The maximum atomic E-state index is 12.3. The number of primary amides is 1. The van der Waals surface area contributed by atoms with E-state index < -0.39 is 11.5 Å². The van der Waals surface area contributed by atoms with E-state index in [2.05, 4.69) is 4.98 Å². The van der Waals surface area contributed by atoms with Gasteiger partial charge < -0.3 is 19.8 Å². The lowest BCUT2D eigenvalue weighted by atomic mass is 10.1. The van der Waals surface area contributed by atoms with Crippen LogP contribution in [-0.2, 0) is 4.74 Å². The van der Waals surface area contributed by atoms with E-state index in [4.69, 9.17) is 14.9 Å².